The minimum absolute atomic E-state index is 0.396. The van der Waals surface area contributed by atoms with Crippen LogP contribution in [0, 0.1) is 0 Å². The minimum atomic E-state index is 0.396. The zero-order chi connectivity index (χ0) is 12.8. The molecule has 0 aromatic heterocycles. The molecule has 0 saturated carbocycles. The van der Waals surface area contributed by atoms with Gasteiger partial charge in [0.2, 0.25) is 0 Å². The fourth-order valence-electron chi connectivity index (χ4n) is 1.31. The third kappa shape index (κ3) is 3.91. The molecule has 0 spiro atoms. The van der Waals surface area contributed by atoms with E-state index in [0.717, 1.165) is 6.54 Å². The lowest BCUT2D eigenvalue weighted by Crippen LogP contribution is -2.20. The summed E-state index contributed by atoms with van der Waals surface area (Å²) >= 11 is 5.86. The molecule has 0 heterocycles. The molecule has 1 rings (SSSR count). The molecule has 0 saturated heterocycles. The quantitative estimate of drug-likeness (QED) is 0.732. The first-order valence-electron chi connectivity index (χ1n) is 5.18. The fraction of sp³-hybridized carbons (Fsp3) is 0.417. The van der Waals surface area contributed by atoms with Crippen LogP contribution in [0.3, 0.4) is 0 Å². The van der Waals surface area contributed by atoms with E-state index in [-0.39, 0.29) is 0 Å². The standard InChI is InChI=1S/C12H16ClNO3/c1-14(2)4-5-17-12-9(8-15)6-10(13)7-11(12)16-3/h6-8H,4-5H2,1-3H3. The molecule has 0 aliphatic carbocycles. The average molecular weight is 258 g/mol. The fourth-order valence-corrected chi connectivity index (χ4v) is 1.53. The largest absolute Gasteiger partial charge is 0.493 e. The van der Waals surface area contributed by atoms with Crippen molar-refractivity contribution in [2.45, 2.75) is 0 Å². The van der Waals surface area contributed by atoms with Gasteiger partial charge in [-0.1, -0.05) is 11.6 Å². The SMILES string of the molecule is COc1cc(Cl)cc(C=O)c1OCCN(C)C. The van der Waals surface area contributed by atoms with E-state index in [4.69, 9.17) is 21.1 Å². The lowest BCUT2D eigenvalue weighted by atomic mass is 10.2. The van der Waals surface area contributed by atoms with Crippen LogP contribution in [-0.2, 0) is 0 Å². The molecule has 1 aromatic rings. The maximum Gasteiger partial charge on any atom is 0.171 e. The van der Waals surface area contributed by atoms with E-state index in [9.17, 15) is 4.79 Å². The Balaban J connectivity index is 2.90. The molecule has 0 bridgehead atoms. The van der Waals surface area contributed by atoms with Gasteiger partial charge >= 0.3 is 0 Å². The molecule has 0 N–H and O–H groups in total. The second-order valence-electron chi connectivity index (χ2n) is 3.80. The first-order chi connectivity index (χ1) is 8.08. The number of nitrogens with zero attached hydrogens (tertiary/aromatic N) is 1. The van der Waals surface area contributed by atoms with Gasteiger partial charge in [0, 0.05) is 17.6 Å². The lowest BCUT2D eigenvalue weighted by molar-refractivity contribution is 0.111. The second kappa shape index (κ2) is 6.47. The van der Waals surface area contributed by atoms with Crippen LogP contribution in [0.1, 0.15) is 10.4 Å². The van der Waals surface area contributed by atoms with Gasteiger partial charge in [0.1, 0.15) is 6.61 Å². The first kappa shape index (κ1) is 13.8. The third-order valence-corrected chi connectivity index (χ3v) is 2.40. The molecule has 0 fully saturated rings. The van der Waals surface area contributed by atoms with Crippen LogP contribution in [0.5, 0.6) is 11.5 Å². The molecule has 5 heteroatoms. The van der Waals surface area contributed by atoms with Crippen LogP contribution in [0.4, 0.5) is 0 Å². The molecule has 0 unspecified atom stereocenters. The van der Waals surface area contributed by atoms with E-state index in [1.807, 2.05) is 19.0 Å². The topological polar surface area (TPSA) is 38.8 Å². The maximum absolute atomic E-state index is 10.9. The highest BCUT2D eigenvalue weighted by atomic mass is 35.5. The molecule has 0 aliphatic heterocycles. The number of halogens is 1. The third-order valence-electron chi connectivity index (χ3n) is 2.18. The zero-order valence-electron chi connectivity index (χ0n) is 10.2. The monoisotopic (exact) mass is 257 g/mol. The maximum atomic E-state index is 10.9. The van der Waals surface area contributed by atoms with E-state index in [0.29, 0.717) is 35.0 Å². The van der Waals surface area contributed by atoms with E-state index in [1.165, 1.54) is 7.11 Å². The Kier molecular flexibility index (Phi) is 5.25. The smallest absolute Gasteiger partial charge is 0.171 e. The molecule has 94 valence electrons. The average Bonchev–Trinajstić information content (AvgIpc) is 2.29. The first-order valence-corrected chi connectivity index (χ1v) is 5.56. The molecule has 4 nitrogen and oxygen atoms in total. The van der Waals surface area contributed by atoms with Crippen molar-refractivity contribution < 1.29 is 14.3 Å². The van der Waals surface area contributed by atoms with Crippen molar-refractivity contribution in [1.29, 1.82) is 0 Å². The van der Waals surface area contributed by atoms with Crippen molar-refractivity contribution in [3.8, 4) is 11.5 Å². The van der Waals surface area contributed by atoms with Gasteiger partial charge in [-0.25, -0.2) is 0 Å². The highest BCUT2D eigenvalue weighted by Crippen LogP contribution is 2.33. The Labute approximate surface area is 106 Å². The molecule has 0 amide bonds. The minimum Gasteiger partial charge on any atom is -0.493 e. The molecule has 0 aliphatic rings. The summed E-state index contributed by atoms with van der Waals surface area (Å²) in [5, 5.41) is 0.448. The highest BCUT2D eigenvalue weighted by molar-refractivity contribution is 6.31. The summed E-state index contributed by atoms with van der Waals surface area (Å²) in [5.74, 6) is 0.909. The van der Waals surface area contributed by atoms with Gasteiger partial charge in [-0.3, -0.25) is 4.79 Å². The van der Waals surface area contributed by atoms with Crippen LogP contribution >= 0.6 is 11.6 Å². The zero-order valence-corrected chi connectivity index (χ0v) is 11.0. The van der Waals surface area contributed by atoms with Crippen LogP contribution in [-0.4, -0.2) is 45.5 Å². The molecule has 17 heavy (non-hydrogen) atoms. The molecule has 0 atom stereocenters. The van der Waals surface area contributed by atoms with Gasteiger partial charge < -0.3 is 14.4 Å². The molecule has 0 radical (unpaired) electrons. The number of hydrogen-bond donors (Lipinski definition) is 0. The molecular formula is C12H16ClNO3. The summed E-state index contributed by atoms with van der Waals surface area (Å²) in [5.41, 5.74) is 0.396. The van der Waals surface area contributed by atoms with Crippen molar-refractivity contribution in [2.75, 3.05) is 34.4 Å². The summed E-state index contributed by atoms with van der Waals surface area (Å²) in [6, 6.07) is 3.18. The van der Waals surface area contributed by atoms with Crippen molar-refractivity contribution in [2.24, 2.45) is 0 Å². The van der Waals surface area contributed by atoms with Crippen LogP contribution in [0.15, 0.2) is 12.1 Å². The summed E-state index contributed by atoms with van der Waals surface area (Å²) in [4.78, 5) is 12.9. The Morgan fingerprint density at radius 3 is 2.65 bits per heavy atom. The van der Waals surface area contributed by atoms with Crippen molar-refractivity contribution in [1.82, 2.24) is 4.90 Å². The highest BCUT2D eigenvalue weighted by Gasteiger charge is 2.12. The van der Waals surface area contributed by atoms with Gasteiger partial charge in [-0.2, -0.15) is 0 Å². The number of benzene rings is 1. The van der Waals surface area contributed by atoms with E-state index in [2.05, 4.69) is 0 Å². The number of rotatable bonds is 6. The van der Waals surface area contributed by atoms with Crippen LogP contribution in [0.25, 0.3) is 0 Å². The summed E-state index contributed by atoms with van der Waals surface area (Å²) < 4.78 is 10.7. The number of aldehydes is 1. The number of likely N-dealkylation sites (N-methyl/N-ethyl adjacent to an activating group) is 1. The van der Waals surface area contributed by atoms with E-state index < -0.39 is 0 Å². The number of hydrogen-bond acceptors (Lipinski definition) is 4. The van der Waals surface area contributed by atoms with Crippen molar-refractivity contribution in [3.63, 3.8) is 0 Å². The van der Waals surface area contributed by atoms with Crippen LogP contribution in [0.2, 0.25) is 5.02 Å². The van der Waals surface area contributed by atoms with E-state index in [1.54, 1.807) is 12.1 Å². The number of carbonyl (C=O) groups is 1. The normalized spacial score (nSPS) is 10.4. The Morgan fingerprint density at radius 2 is 2.12 bits per heavy atom. The van der Waals surface area contributed by atoms with Gasteiger partial charge in [0.15, 0.2) is 17.8 Å². The molecular weight excluding hydrogens is 242 g/mol. The summed E-state index contributed by atoms with van der Waals surface area (Å²) in [7, 11) is 5.41. The Hall–Kier alpha value is -1.26. The van der Waals surface area contributed by atoms with Crippen molar-refractivity contribution in [3.05, 3.63) is 22.7 Å². The number of carbonyl (C=O) groups excluding carboxylic acids is 1. The number of methoxy groups -OCH3 is 1. The second-order valence-corrected chi connectivity index (χ2v) is 4.23. The van der Waals surface area contributed by atoms with Gasteiger partial charge in [0.05, 0.1) is 12.7 Å². The lowest BCUT2D eigenvalue weighted by Gasteiger charge is -2.15. The Bertz CT molecular complexity index is 394. The summed E-state index contributed by atoms with van der Waals surface area (Å²) in [6.45, 7) is 1.23. The van der Waals surface area contributed by atoms with Crippen molar-refractivity contribution >= 4 is 17.9 Å². The Morgan fingerprint density at radius 1 is 1.41 bits per heavy atom. The predicted octanol–water partition coefficient (Wildman–Crippen LogP) is 2.10. The van der Waals surface area contributed by atoms with Gasteiger partial charge in [-0.05, 0) is 20.2 Å². The van der Waals surface area contributed by atoms with Gasteiger partial charge in [-0.15, -0.1) is 0 Å². The number of ether oxygens (including phenoxy) is 2. The van der Waals surface area contributed by atoms with Crippen LogP contribution < -0.4 is 9.47 Å². The summed E-state index contributed by atoms with van der Waals surface area (Å²) in [6.07, 6.45) is 0.708. The van der Waals surface area contributed by atoms with E-state index >= 15 is 0 Å². The van der Waals surface area contributed by atoms with Gasteiger partial charge in [0.25, 0.3) is 0 Å². The molecule has 1 aromatic carbocycles. The predicted molar refractivity (Wildman–Crippen MR) is 67.4 cm³/mol.